The first-order valence-electron chi connectivity index (χ1n) is 5.09. The topological polar surface area (TPSA) is 79.5 Å². The minimum absolute atomic E-state index is 0.0747. The van der Waals surface area contributed by atoms with Gasteiger partial charge in [0.25, 0.3) is 0 Å². The van der Waals surface area contributed by atoms with Crippen molar-refractivity contribution in [3.8, 4) is 5.88 Å². The maximum absolute atomic E-state index is 5.57. The highest BCUT2D eigenvalue weighted by Gasteiger charge is 2.32. The molecule has 1 atom stereocenters. The molecule has 0 aliphatic carbocycles. The smallest absolute Gasteiger partial charge is 0.233 e. The monoisotopic (exact) mass is 225 g/mol. The Balaban J connectivity index is 1.82. The van der Waals surface area contributed by atoms with Crippen LogP contribution in [0.25, 0.3) is 0 Å². The Bertz CT molecular complexity index is 353. The number of hydrogen-bond donors (Lipinski definition) is 1. The summed E-state index contributed by atoms with van der Waals surface area (Å²) in [7, 11) is 0. The molecule has 88 valence electrons. The molecule has 0 amide bonds. The molecule has 1 aromatic heterocycles. The number of rotatable bonds is 3. The normalized spacial score (nSPS) is 23.2. The van der Waals surface area contributed by atoms with Gasteiger partial charge in [-0.1, -0.05) is 0 Å². The van der Waals surface area contributed by atoms with Crippen LogP contribution in [0.4, 0.5) is 5.82 Å². The van der Waals surface area contributed by atoms with E-state index in [0.29, 0.717) is 24.9 Å². The van der Waals surface area contributed by atoms with E-state index in [2.05, 4.69) is 10.2 Å². The summed E-state index contributed by atoms with van der Waals surface area (Å²) in [5, 5.41) is 7.47. The van der Waals surface area contributed by atoms with Crippen LogP contribution >= 0.6 is 0 Å². The minimum atomic E-state index is -0.527. The lowest BCUT2D eigenvalue weighted by atomic mass is 10.4. The van der Waals surface area contributed by atoms with Gasteiger partial charge in [-0.05, 0) is 19.9 Å². The first-order chi connectivity index (χ1) is 7.55. The van der Waals surface area contributed by atoms with Gasteiger partial charge >= 0.3 is 0 Å². The quantitative estimate of drug-likeness (QED) is 0.811. The zero-order valence-electron chi connectivity index (χ0n) is 9.34. The molecule has 1 fully saturated rings. The van der Waals surface area contributed by atoms with Crippen molar-refractivity contribution in [2.45, 2.75) is 25.7 Å². The highest BCUT2D eigenvalue weighted by atomic mass is 16.7. The Kier molecular flexibility index (Phi) is 2.93. The van der Waals surface area contributed by atoms with Gasteiger partial charge in [0.15, 0.2) is 5.79 Å². The summed E-state index contributed by atoms with van der Waals surface area (Å²) in [6.07, 6.45) is -0.0747. The van der Waals surface area contributed by atoms with Gasteiger partial charge in [-0.3, -0.25) is 0 Å². The molecular weight excluding hydrogens is 210 g/mol. The molecule has 0 aromatic carbocycles. The molecule has 1 aliphatic heterocycles. The van der Waals surface area contributed by atoms with Crippen LogP contribution in [0.3, 0.4) is 0 Å². The average molecular weight is 225 g/mol. The molecule has 0 radical (unpaired) electrons. The zero-order valence-corrected chi connectivity index (χ0v) is 9.34. The highest BCUT2D eigenvalue weighted by Crippen LogP contribution is 2.22. The van der Waals surface area contributed by atoms with Crippen LogP contribution in [0.15, 0.2) is 12.1 Å². The molecular formula is C10H15N3O3. The van der Waals surface area contributed by atoms with E-state index >= 15 is 0 Å². The molecule has 6 nitrogen and oxygen atoms in total. The largest absolute Gasteiger partial charge is 0.474 e. The lowest BCUT2D eigenvalue weighted by molar-refractivity contribution is -0.141. The molecule has 1 aromatic rings. The number of nitrogens with zero attached hydrogens (tertiary/aromatic N) is 2. The van der Waals surface area contributed by atoms with Gasteiger partial charge in [-0.2, -0.15) is 0 Å². The predicted molar refractivity (Wildman–Crippen MR) is 56.8 cm³/mol. The van der Waals surface area contributed by atoms with E-state index in [4.69, 9.17) is 19.9 Å². The molecule has 2 rings (SSSR count). The summed E-state index contributed by atoms with van der Waals surface area (Å²) in [6, 6.07) is 3.31. The third-order valence-electron chi connectivity index (χ3n) is 2.15. The Morgan fingerprint density at radius 2 is 2.31 bits per heavy atom. The summed E-state index contributed by atoms with van der Waals surface area (Å²) in [4.78, 5) is 0. The van der Waals surface area contributed by atoms with Crippen molar-refractivity contribution in [2.75, 3.05) is 18.9 Å². The predicted octanol–water partition coefficient (Wildman–Crippen LogP) is 0.589. The molecule has 0 unspecified atom stereocenters. The van der Waals surface area contributed by atoms with Crippen LogP contribution in [-0.4, -0.2) is 35.3 Å². The lowest BCUT2D eigenvalue weighted by Gasteiger charge is -2.16. The summed E-state index contributed by atoms with van der Waals surface area (Å²) in [6.45, 7) is 4.66. The maximum Gasteiger partial charge on any atom is 0.233 e. The van der Waals surface area contributed by atoms with Crippen molar-refractivity contribution in [3.05, 3.63) is 12.1 Å². The second kappa shape index (κ2) is 4.23. The Morgan fingerprint density at radius 1 is 1.50 bits per heavy atom. The van der Waals surface area contributed by atoms with E-state index in [0.717, 1.165) is 0 Å². The van der Waals surface area contributed by atoms with Gasteiger partial charge in [0.2, 0.25) is 5.88 Å². The highest BCUT2D eigenvalue weighted by molar-refractivity contribution is 5.27. The number of nitrogen functional groups attached to an aromatic ring is 1. The number of aromatic nitrogens is 2. The minimum Gasteiger partial charge on any atom is -0.474 e. The molecule has 0 bridgehead atoms. The fourth-order valence-corrected chi connectivity index (χ4v) is 1.43. The van der Waals surface area contributed by atoms with E-state index in [9.17, 15) is 0 Å². The van der Waals surface area contributed by atoms with Gasteiger partial charge in [-0.25, -0.2) is 0 Å². The van der Waals surface area contributed by atoms with E-state index < -0.39 is 5.79 Å². The van der Waals surface area contributed by atoms with Crippen LogP contribution in [0.1, 0.15) is 13.8 Å². The molecule has 1 saturated heterocycles. The Hall–Kier alpha value is -1.40. The first kappa shape index (κ1) is 11.1. The van der Waals surface area contributed by atoms with Crippen LogP contribution in [0.5, 0.6) is 5.88 Å². The molecule has 0 saturated carbocycles. The molecule has 1 aliphatic rings. The molecule has 2 N–H and O–H groups in total. The van der Waals surface area contributed by atoms with Crippen LogP contribution < -0.4 is 10.5 Å². The molecule has 6 heteroatoms. The third kappa shape index (κ3) is 2.80. The summed E-state index contributed by atoms with van der Waals surface area (Å²) < 4.78 is 16.4. The van der Waals surface area contributed by atoms with Crippen LogP contribution in [0.2, 0.25) is 0 Å². The van der Waals surface area contributed by atoms with Gasteiger partial charge in [0.1, 0.15) is 18.5 Å². The van der Waals surface area contributed by atoms with Crippen molar-refractivity contribution in [1.82, 2.24) is 10.2 Å². The van der Waals surface area contributed by atoms with Crippen LogP contribution in [-0.2, 0) is 9.47 Å². The molecule has 2 heterocycles. The van der Waals surface area contributed by atoms with E-state index in [1.54, 1.807) is 12.1 Å². The second-order valence-corrected chi connectivity index (χ2v) is 4.06. The fraction of sp³-hybridized carbons (Fsp3) is 0.600. The van der Waals surface area contributed by atoms with E-state index in [-0.39, 0.29) is 6.10 Å². The van der Waals surface area contributed by atoms with Crippen molar-refractivity contribution >= 4 is 5.82 Å². The summed E-state index contributed by atoms with van der Waals surface area (Å²) >= 11 is 0. The van der Waals surface area contributed by atoms with E-state index in [1.165, 1.54) is 0 Å². The number of nitrogens with two attached hydrogens (primary N) is 1. The summed E-state index contributed by atoms with van der Waals surface area (Å²) in [5.74, 6) is 0.275. The van der Waals surface area contributed by atoms with Crippen molar-refractivity contribution in [2.24, 2.45) is 0 Å². The van der Waals surface area contributed by atoms with Gasteiger partial charge < -0.3 is 19.9 Å². The second-order valence-electron chi connectivity index (χ2n) is 4.06. The SMILES string of the molecule is CC1(C)OC[C@@H](COc2ccc(N)nn2)O1. The van der Waals surface area contributed by atoms with E-state index in [1.807, 2.05) is 13.8 Å². The number of ether oxygens (including phenoxy) is 3. The number of anilines is 1. The fourth-order valence-electron chi connectivity index (χ4n) is 1.43. The van der Waals surface area contributed by atoms with Crippen molar-refractivity contribution in [3.63, 3.8) is 0 Å². The Morgan fingerprint density at radius 3 is 2.88 bits per heavy atom. The van der Waals surface area contributed by atoms with Gasteiger partial charge in [0, 0.05) is 6.07 Å². The van der Waals surface area contributed by atoms with Gasteiger partial charge in [0.05, 0.1) is 6.61 Å². The van der Waals surface area contributed by atoms with Crippen LogP contribution in [0, 0.1) is 0 Å². The maximum atomic E-state index is 5.57. The van der Waals surface area contributed by atoms with Crippen molar-refractivity contribution < 1.29 is 14.2 Å². The van der Waals surface area contributed by atoms with Crippen molar-refractivity contribution in [1.29, 1.82) is 0 Å². The molecule has 16 heavy (non-hydrogen) atoms. The lowest BCUT2D eigenvalue weighted by Crippen LogP contribution is -2.25. The zero-order chi connectivity index (χ0) is 11.6. The number of hydrogen-bond acceptors (Lipinski definition) is 6. The van der Waals surface area contributed by atoms with Gasteiger partial charge in [-0.15, -0.1) is 10.2 Å². The Labute approximate surface area is 93.7 Å². The molecule has 0 spiro atoms. The standard InChI is InChI=1S/C10H15N3O3/c1-10(2)15-6-7(16-10)5-14-9-4-3-8(11)12-13-9/h3-4,7H,5-6H2,1-2H3,(H2,11,12)/t7-/m1/s1. The summed E-state index contributed by atoms with van der Waals surface area (Å²) in [5.41, 5.74) is 5.41. The third-order valence-corrected chi connectivity index (χ3v) is 2.15. The average Bonchev–Trinajstić information content (AvgIpc) is 2.58. The first-order valence-corrected chi connectivity index (χ1v) is 5.09.